The number of hydrogen-bond acceptors (Lipinski definition) is 5. The number of nitrogens with one attached hydrogen (secondary N) is 3. The summed E-state index contributed by atoms with van der Waals surface area (Å²) < 4.78 is 28.8. The van der Waals surface area contributed by atoms with E-state index in [4.69, 9.17) is 16.7 Å². The number of hydrogen-bond donors (Lipinski definition) is 3. The number of halogens is 1. The van der Waals surface area contributed by atoms with Gasteiger partial charge in [-0.15, -0.1) is 0 Å². The van der Waals surface area contributed by atoms with Crippen LogP contribution < -0.4 is 15.4 Å². The van der Waals surface area contributed by atoms with Gasteiger partial charge in [0.15, 0.2) is 0 Å². The van der Waals surface area contributed by atoms with Crippen molar-refractivity contribution in [2.45, 2.75) is 32.7 Å². The van der Waals surface area contributed by atoms with Crippen LogP contribution in [0.2, 0.25) is 5.02 Å². The minimum absolute atomic E-state index is 0.0160. The van der Waals surface area contributed by atoms with Crippen LogP contribution in [0.15, 0.2) is 54.6 Å². The molecule has 0 aliphatic carbocycles. The Morgan fingerprint density at radius 2 is 1.83 bits per heavy atom. The molecule has 3 amide bonds. The standard InChI is InChI=1S/C23H25ClN6O4S/c1-23(2,3)19-12-20(26-22(32)25-17-9-7-16(24)8-10-17)30(27-19)18-6-4-5-15(11-18)13-29-14-21(31)28-35(29,33)34/h4-12H,13-14H2,1-3H3,(H,28,31)(H2,25,26,32). The van der Waals surface area contributed by atoms with Crippen molar-refractivity contribution in [2.75, 3.05) is 17.2 Å². The summed E-state index contributed by atoms with van der Waals surface area (Å²) in [7, 11) is -3.85. The van der Waals surface area contributed by atoms with Gasteiger partial charge in [-0.25, -0.2) is 14.2 Å². The van der Waals surface area contributed by atoms with E-state index in [-0.39, 0.29) is 18.5 Å². The minimum atomic E-state index is -3.85. The fraction of sp³-hybridized carbons (Fsp3) is 0.261. The van der Waals surface area contributed by atoms with Crippen LogP contribution in [0.5, 0.6) is 0 Å². The smallest absolute Gasteiger partial charge is 0.308 e. The van der Waals surface area contributed by atoms with Crippen molar-refractivity contribution < 1.29 is 18.0 Å². The number of urea groups is 1. The molecule has 2 heterocycles. The molecule has 0 spiro atoms. The highest BCUT2D eigenvalue weighted by Crippen LogP contribution is 2.27. The van der Waals surface area contributed by atoms with Gasteiger partial charge in [-0.2, -0.15) is 17.8 Å². The quantitative estimate of drug-likeness (QED) is 0.477. The van der Waals surface area contributed by atoms with Crippen molar-refractivity contribution >= 4 is 45.3 Å². The summed E-state index contributed by atoms with van der Waals surface area (Å²) >= 11 is 5.90. The first-order chi connectivity index (χ1) is 16.4. The normalized spacial score (nSPS) is 15.6. The number of nitrogens with zero attached hydrogens (tertiary/aromatic N) is 3. The van der Waals surface area contributed by atoms with Gasteiger partial charge in [-0.1, -0.05) is 44.5 Å². The first kappa shape index (κ1) is 24.7. The summed E-state index contributed by atoms with van der Waals surface area (Å²) in [6.07, 6.45) is 0. The second-order valence-corrected chi connectivity index (χ2v) is 11.2. The van der Waals surface area contributed by atoms with Gasteiger partial charge < -0.3 is 5.32 Å². The van der Waals surface area contributed by atoms with Crippen LogP contribution in [0.3, 0.4) is 0 Å². The highest BCUT2D eigenvalue weighted by Gasteiger charge is 2.33. The van der Waals surface area contributed by atoms with Crippen molar-refractivity contribution in [2.24, 2.45) is 0 Å². The molecule has 3 aromatic rings. The first-order valence-corrected chi connectivity index (χ1v) is 12.6. The Kier molecular flexibility index (Phi) is 6.58. The number of rotatable bonds is 5. The zero-order valence-corrected chi connectivity index (χ0v) is 20.9. The lowest BCUT2D eigenvalue weighted by atomic mass is 9.92. The number of benzene rings is 2. The van der Waals surface area contributed by atoms with E-state index in [0.717, 1.165) is 10.00 Å². The van der Waals surface area contributed by atoms with Gasteiger partial charge in [0.1, 0.15) is 5.82 Å². The summed E-state index contributed by atoms with van der Waals surface area (Å²) in [6, 6.07) is 15.1. The number of anilines is 2. The number of carbonyl (C=O) groups is 2. The van der Waals surface area contributed by atoms with E-state index in [1.54, 1.807) is 59.3 Å². The van der Waals surface area contributed by atoms with Crippen molar-refractivity contribution in [1.29, 1.82) is 0 Å². The number of aromatic nitrogens is 2. The molecule has 1 aromatic heterocycles. The van der Waals surface area contributed by atoms with Crippen LogP contribution in [-0.2, 0) is 27.0 Å². The van der Waals surface area contributed by atoms with Crippen LogP contribution in [0.25, 0.3) is 5.69 Å². The molecule has 1 aliphatic rings. The van der Waals surface area contributed by atoms with E-state index in [2.05, 4.69) is 10.6 Å². The molecule has 1 saturated heterocycles. The summed E-state index contributed by atoms with van der Waals surface area (Å²) in [5.74, 6) is -0.134. The average molecular weight is 517 g/mol. The molecule has 12 heteroatoms. The molecule has 184 valence electrons. The third-order valence-corrected chi connectivity index (χ3v) is 6.91. The topological polar surface area (TPSA) is 125 Å². The average Bonchev–Trinajstić information content (AvgIpc) is 3.29. The Hall–Kier alpha value is -3.41. The maximum atomic E-state index is 12.7. The lowest BCUT2D eigenvalue weighted by molar-refractivity contribution is -0.118. The van der Waals surface area contributed by atoms with Gasteiger partial charge in [0.25, 0.3) is 0 Å². The SMILES string of the molecule is CC(C)(C)c1cc(NC(=O)Nc2ccc(Cl)cc2)n(-c2cccc(CN3CC(=O)NS3(=O)=O)c2)n1. The fourth-order valence-electron chi connectivity index (χ4n) is 3.46. The van der Waals surface area contributed by atoms with Crippen LogP contribution >= 0.6 is 11.6 Å². The van der Waals surface area contributed by atoms with Crippen LogP contribution in [0.1, 0.15) is 32.0 Å². The van der Waals surface area contributed by atoms with E-state index >= 15 is 0 Å². The number of amides is 3. The maximum Gasteiger partial charge on any atom is 0.324 e. The first-order valence-electron chi connectivity index (χ1n) is 10.7. The zero-order chi connectivity index (χ0) is 25.4. The predicted molar refractivity (Wildman–Crippen MR) is 134 cm³/mol. The van der Waals surface area contributed by atoms with Gasteiger partial charge in [-0.3, -0.25) is 10.1 Å². The highest BCUT2D eigenvalue weighted by atomic mass is 35.5. The van der Waals surface area contributed by atoms with Gasteiger partial charge >= 0.3 is 16.2 Å². The lowest BCUT2D eigenvalue weighted by Crippen LogP contribution is -2.29. The zero-order valence-electron chi connectivity index (χ0n) is 19.4. The third kappa shape index (κ3) is 5.81. The monoisotopic (exact) mass is 516 g/mol. The van der Waals surface area contributed by atoms with E-state index in [9.17, 15) is 18.0 Å². The summed E-state index contributed by atoms with van der Waals surface area (Å²) in [5.41, 5.74) is 2.32. The van der Waals surface area contributed by atoms with Gasteiger partial charge in [-0.05, 0) is 42.0 Å². The molecule has 3 N–H and O–H groups in total. The largest absolute Gasteiger partial charge is 0.324 e. The molecule has 0 saturated carbocycles. The van der Waals surface area contributed by atoms with Crippen LogP contribution in [0.4, 0.5) is 16.3 Å². The van der Waals surface area contributed by atoms with Gasteiger partial charge in [0.05, 0.1) is 17.9 Å². The van der Waals surface area contributed by atoms with Crippen molar-refractivity contribution in [3.05, 3.63) is 70.9 Å². The molecule has 0 bridgehead atoms. The van der Waals surface area contributed by atoms with E-state index < -0.39 is 22.1 Å². The highest BCUT2D eigenvalue weighted by molar-refractivity contribution is 7.88. The third-order valence-electron chi connectivity index (χ3n) is 5.24. The molecule has 10 nitrogen and oxygen atoms in total. The van der Waals surface area contributed by atoms with E-state index in [1.165, 1.54) is 0 Å². The minimum Gasteiger partial charge on any atom is -0.308 e. The second kappa shape index (κ2) is 9.33. The molecule has 0 unspecified atom stereocenters. The molecule has 0 radical (unpaired) electrons. The molecule has 35 heavy (non-hydrogen) atoms. The lowest BCUT2D eigenvalue weighted by Gasteiger charge is -2.15. The summed E-state index contributed by atoms with van der Waals surface area (Å²) in [6.45, 7) is 5.81. The Bertz CT molecular complexity index is 1380. The Balaban J connectivity index is 1.62. The van der Waals surface area contributed by atoms with Crippen molar-refractivity contribution in [3.63, 3.8) is 0 Å². The predicted octanol–water partition coefficient (Wildman–Crippen LogP) is 3.64. The van der Waals surface area contributed by atoms with Crippen LogP contribution in [-0.4, -0.2) is 41.0 Å². The van der Waals surface area contributed by atoms with Crippen LogP contribution in [0, 0.1) is 0 Å². The second-order valence-electron chi connectivity index (χ2n) is 9.13. The van der Waals surface area contributed by atoms with E-state index in [0.29, 0.717) is 27.8 Å². The van der Waals surface area contributed by atoms with Gasteiger partial charge in [0.2, 0.25) is 5.91 Å². The Labute approximate surface area is 208 Å². The van der Waals surface area contributed by atoms with Crippen molar-refractivity contribution in [3.8, 4) is 5.69 Å². The van der Waals surface area contributed by atoms with E-state index in [1.807, 2.05) is 25.5 Å². The molecular formula is C23H25ClN6O4S. The summed E-state index contributed by atoms with van der Waals surface area (Å²) in [4.78, 5) is 24.2. The molecule has 4 rings (SSSR count). The Morgan fingerprint density at radius 3 is 2.46 bits per heavy atom. The molecular weight excluding hydrogens is 492 g/mol. The number of carbonyl (C=O) groups excluding carboxylic acids is 2. The maximum absolute atomic E-state index is 12.7. The van der Waals surface area contributed by atoms with Gasteiger partial charge in [0, 0.05) is 28.7 Å². The summed E-state index contributed by atoms with van der Waals surface area (Å²) in [5, 5.41) is 10.8. The molecule has 1 aliphatic heterocycles. The molecule has 1 fully saturated rings. The fourth-order valence-corrected chi connectivity index (χ4v) is 4.68. The van der Waals surface area contributed by atoms with Crippen molar-refractivity contribution in [1.82, 2.24) is 18.8 Å². The molecule has 2 aromatic carbocycles. The molecule has 0 atom stereocenters. The Morgan fingerprint density at radius 1 is 1.11 bits per heavy atom.